The van der Waals surface area contributed by atoms with Crippen molar-refractivity contribution in [1.29, 1.82) is 0 Å². The molecule has 0 fully saturated rings. The Kier molecular flexibility index (Phi) is 7.58. The van der Waals surface area contributed by atoms with Crippen molar-refractivity contribution in [3.8, 4) is 0 Å². The number of carbonyl (C=O) groups excluding carboxylic acids is 1. The van der Waals surface area contributed by atoms with Gasteiger partial charge in [-0.15, -0.1) is 10.2 Å². The van der Waals surface area contributed by atoms with Crippen molar-refractivity contribution in [2.24, 2.45) is 0 Å². The smallest absolute Gasteiger partial charge is 0.241 e. The SMILES string of the molecule is [C-]#[N+]c1ccc(S(=O)(=O)NC(CC)C(=O)Cn2nnc(Cc3c(Cl)cccc3Cl)n2)cc1. The molecule has 0 saturated heterocycles. The van der Waals surface area contributed by atoms with Crippen LogP contribution >= 0.6 is 23.2 Å². The van der Waals surface area contributed by atoms with Crippen LogP contribution in [-0.2, 0) is 27.8 Å². The molecular formula is C20H18Cl2N6O3S. The molecule has 1 atom stereocenters. The Hall–Kier alpha value is -2.84. The number of Topliss-reactive ketones (excluding diaryl/α,β-unsaturated/α-hetero) is 1. The fraction of sp³-hybridized carbons (Fsp3) is 0.250. The van der Waals surface area contributed by atoms with Crippen LogP contribution < -0.4 is 4.72 Å². The Labute approximate surface area is 195 Å². The second kappa shape index (κ2) is 10.2. The Balaban J connectivity index is 1.68. The predicted molar refractivity (Wildman–Crippen MR) is 119 cm³/mol. The molecule has 0 radical (unpaired) electrons. The number of aromatic nitrogens is 4. The van der Waals surface area contributed by atoms with E-state index in [4.69, 9.17) is 29.8 Å². The lowest BCUT2D eigenvalue weighted by Crippen LogP contribution is -2.42. The number of hydrogen-bond acceptors (Lipinski definition) is 6. The summed E-state index contributed by atoms with van der Waals surface area (Å²) in [6.07, 6.45) is 0.464. The van der Waals surface area contributed by atoms with Gasteiger partial charge in [-0.05, 0) is 29.3 Å². The highest BCUT2D eigenvalue weighted by molar-refractivity contribution is 7.89. The summed E-state index contributed by atoms with van der Waals surface area (Å²) in [7, 11) is -3.95. The summed E-state index contributed by atoms with van der Waals surface area (Å²) in [4.78, 5) is 17.0. The highest BCUT2D eigenvalue weighted by atomic mass is 35.5. The molecule has 9 nitrogen and oxygen atoms in total. The summed E-state index contributed by atoms with van der Waals surface area (Å²) in [5, 5.41) is 12.9. The Morgan fingerprint density at radius 3 is 2.44 bits per heavy atom. The average Bonchev–Trinajstić information content (AvgIpc) is 3.21. The standard InChI is InChI=1S/C20H18Cl2N6O3S/c1-3-18(26-32(30,31)14-9-7-13(23-2)8-10-14)19(29)12-28-25-20(24-27-28)11-15-16(21)5-4-6-17(15)22/h4-10,18,26H,3,11-12H2,1H3. The lowest BCUT2D eigenvalue weighted by Gasteiger charge is -2.15. The zero-order valence-electron chi connectivity index (χ0n) is 16.9. The van der Waals surface area contributed by atoms with Gasteiger partial charge in [0.2, 0.25) is 10.0 Å². The van der Waals surface area contributed by atoms with Crippen molar-refractivity contribution in [2.45, 2.75) is 37.2 Å². The number of nitrogens with one attached hydrogen (secondary N) is 1. The van der Waals surface area contributed by atoms with Gasteiger partial charge in [0.25, 0.3) is 0 Å². The van der Waals surface area contributed by atoms with Crippen molar-refractivity contribution < 1.29 is 13.2 Å². The van der Waals surface area contributed by atoms with Gasteiger partial charge in [-0.2, -0.15) is 4.80 Å². The van der Waals surface area contributed by atoms with Crippen LogP contribution in [0.4, 0.5) is 5.69 Å². The molecule has 0 aliphatic carbocycles. The first-order valence-corrected chi connectivity index (χ1v) is 11.7. The van der Waals surface area contributed by atoms with Gasteiger partial charge in [-0.1, -0.05) is 60.5 Å². The first kappa shape index (κ1) is 23.8. The van der Waals surface area contributed by atoms with Crippen LogP contribution in [0.5, 0.6) is 0 Å². The number of nitrogens with zero attached hydrogens (tertiary/aromatic N) is 5. The molecule has 0 saturated carbocycles. The van der Waals surface area contributed by atoms with E-state index in [-0.39, 0.29) is 24.3 Å². The van der Waals surface area contributed by atoms with Gasteiger partial charge < -0.3 is 0 Å². The van der Waals surface area contributed by atoms with Gasteiger partial charge in [0, 0.05) is 16.5 Å². The molecule has 1 heterocycles. The number of tetrazole rings is 1. The molecule has 0 aliphatic heterocycles. The minimum atomic E-state index is -3.95. The number of carbonyl (C=O) groups is 1. The second-order valence-corrected chi connectivity index (χ2v) is 9.30. The van der Waals surface area contributed by atoms with E-state index in [1.165, 1.54) is 24.3 Å². The summed E-state index contributed by atoms with van der Waals surface area (Å²) in [5.41, 5.74) is 0.961. The van der Waals surface area contributed by atoms with Gasteiger partial charge >= 0.3 is 0 Å². The minimum Gasteiger partial charge on any atom is -0.296 e. The fourth-order valence-corrected chi connectivity index (χ4v) is 4.69. The van der Waals surface area contributed by atoms with Crippen molar-refractivity contribution in [1.82, 2.24) is 24.9 Å². The molecule has 0 spiro atoms. The van der Waals surface area contributed by atoms with Crippen molar-refractivity contribution >= 4 is 44.7 Å². The van der Waals surface area contributed by atoms with E-state index in [1.807, 2.05) is 0 Å². The summed E-state index contributed by atoms with van der Waals surface area (Å²) in [6, 6.07) is 9.58. The molecule has 0 bridgehead atoms. The van der Waals surface area contributed by atoms with Crippen molar-refractivity contribution in [3.05, 3.63) is 75.3 Å². The van der Waals surface area contributed by atoms with Crippen LogP contribution in [0.1, 0.15) is 24.7 Å². The normalized spacial score (nSPS) is 12.3. The molecule has 32 heavy (non-hydrogen) atoms. The topological polar surface area (TPSA) is 111 Å². The van der Waals surface area contributed by atoms with E-state index < -0.39 is 21.8 Å². The molecule has 1 N–H and O–H groups in total. The third kappa shape index (κ3) is 5.69. The summed E-state index contributed by atoms with van der Waals surface area (Å²) < 4.78 is 27.6. The third-order valence-electron chi connectivity index (χ3n) is 4.56. The van der Waals surface area contributed by atoms with Gasteiger partial charge in [0.05, 0.1) is 17.5 Å². The summed E-state index contributed by atoms with van der Waals surface area (Å²) >= 11 is 12.3. The van der Waals surface area contributed by atoms with Crippen LogP contribution in [0.15, 0.2) is 47.4 Å². The third-order valence-corrected chi connectivity index (χ3v) is 6.75. The molecule has 3 rings (SSSR count). The van der Waals surface area contributed by atoms with Crippen LogP contribution in [0, 0.1) is 6.57 Å². The number of sulfonamides is 1. The molecule has 0 aliphatic rings. The molecule has 2 aromatic carbocycles. The molecule has 1 aromatic heterocycles. The van der Waals surface area contributed by atoms with Crippen LogP contribution in [0.25, 0.3) is 4.85 Å². The van der Waals surface area contributed by atoms with E-state index in [2.05, 4.69) is 25.0 Å². The Bertz CT molecular complexity index is 1250. The van der Waals surface area contributed by atoms with Crippen LogP contribution in [0.2, 0.25) is 10.0 Å². The van der Waals surface area contributed by atoms with E-state index in [0.29, 0.717) is 27.1 Å². The van der Waals surface area contributed by atoms with Crippen molar-refractivity contribution in [3.63, 3.8) is 0 Å². The van der Waals surface area contributed by atoms with Crippen LogP contribution in [-0.4, -0.2) is 40.5 Å². The highest BCUT2D eigenvalue weighted by Crippen LogP contribution is 2.25. The minimum absolute atomic E-state index is 0.0334. The van der Waals surface area contributed by atoms with Crippen molar-refractivity contribution in [2.75, 3.05) is 0 Å². The number of rotatable bonds is 9. The molecule has 3 aromatic rings. The zero-order valence-corrected chi connectivity index (χ0v) is 19.2. The van der Waals surface area contributed by atoms with Gasteiger partial charge in [-0.3, -0.25) is 4.79 Å². The number of hydrogen-bond donors (Lipinski definition) is 1. The Morgan fingerprint density at radius 2 is 1.84 bits per heavy atom. The maximum Gasteiger partial charge on any atom is 0.241 e. The first-order chi connectivity index (χ1) is 15.2. The van der Waals surface area contributed by atoms with Gasteiger partial charge in [-0.25, -0.2) is 18.0 Å². The van der Waals surface area contributed by atoms with Gasteiger partial charge in [0.1, 0.15) is 6.54 Å². The summed E-state index contributed by atoms with van der Waals surface area (Å²) in [6.45, 7) is 8.37. The van der Waals surface area contributed by atoms with E-state index in [0.717, 1.165) is 4.80 Å². The lowest BCUT2D eigenvalue weighted by atomic mass is 10.1. The quantitative estimate of drug-likeness (QED) is 0.457. The highest BCUT2D eigenvalue weighted by Gasteiger charge is 2.25. The molecule has 1 unspecified atom stereocenters. The van der Waals surface area contributed by atoms with E-state index in [9.17, 15) is 13.2 Å². The Morgan fingerprint density at radius 1 is 1.19 bits per heavy atom. The zero-order chi connectivity index (χ0) is 23.3. The van der Waals surface area contributed by atoms with Gasteiger partial charge in [0.15, 0.2) is 17.3 Å². The predicted octanol–water partition coefficient (Wildman–Crippen LogP) is 3.45. The first-order valence-electron chi connectivity index (χ1n) is 9.45. The summed E-state index contributed by atoms with van der Waals surface area (Å²) in [5.74, 6) is -0.102. The monoisotopic (exact) mass is 492 g/mol. The molecular weight excluding hydrogens is 475 g/mol. The van der Waals surface area contributed by atoms with E-state index >= 15 is 0 Å². The molecule has 0 amide bonds. The average molecular weight is 493 g/mol. The largest absolute Gasteiger partial charge is 0.296 e. The maximum atomic E-state index is 12.7. The van der Waals surface area contributed by atoms with Crippen LogP contribution in [0.3, 0.4) is 0 Å². The maximum absolute atomic E-state index is 12.7. The molecule has 166 valence electrons. The number of halogens is 2. The second-order valence-electron chi connectivity index (χ2n) is 6.77. The fourth-order valence-electron chi connectivity index (χ4n) is 2.85. The molecule has 12 heteroatoms. The van der Waals surface area contributed by atoms with E-state index in [1.54, 1.807) is 25.1 Å². The number of ketones is 1. The lowest BCUT2D eigenvalue weighted by molar-refractivity contribution is -0.121. The number of benzene rings is 2.